The number of carbonyl (C=O) groups is 4. The summed E-state index contributed by atoms with van der Waals surface area (Å²) in [7, 11) is 0. The topological polar surface area (TPSA) is 155 Å². The Hall–Kier alpha value is -4.39. The number of aryl methyl sites for hydroxylation is 2. The molecule has 0 heterocycles. The van der Waals surface area contributed by atoms with Gasteiger partial charge in [0.1, 0.15) is 24.2 Å². The van der Waals surface area contributed by atoms with Crippen molar-refractivity contribution in [2.45, 2.75) is 71.7 Å². The van der Waals surface area contributed by atoms with Gasteiger partial charge in [-0.05, 0) is 63.3 Å². The van der Waals surface area contributed by atoms with Crippen LogP contribution in [-0.4, -0.2) is 46.9 Å². The van der Waals surface area contributed by atoms with Crippen molar-refractivity contribution in [1.82, 2.24) is 15.5 Å². The molecular weight excluding hydrogens is 498 g/mol. The quantitative estimate of drug-likeness (QED) is 0.376. The molecule has 0 aliphatic heterocycles. The Labute approximate surface area is 229 Å². The Kier molecular flexibility index (Phi) is 11.0. The summed E-state index contributed by atoms with van der Waals surface area (Å²) >= 11 is 0. The highest BCUT2D eigenvalue weighted by molar-refractivity contribution is 5.93. The average Bonchev–Trinajstić information content (AvgIpc) is 2.85. The predicted molar refractivity (Wildman–Crippen MR) is 146 cm³/mol. The van der Waals surface area contributed by atoms with Gasteiger partial charge in [0.05, 0.1) is 6.07 Å². The Morgan fingerprint density at radius 2 is 1.64 bits per heavy atom. The summed E-state index contributed by atoms with van der Waals surface area (Å²) in [6, 6.07) is 14.3. The molecule has 39 heavy (non-hydrogen) atoms. The van der Waals surface area contributed by atoms with E-state index >= 15 is 0 Å². The van der Waals surface area contributed by atoms with Crippen LogP contribution in [0.5, 0.6) is 0 Å². The van der Waals surface area contributed by atoms with Crippen LogP contribution in [0.25, 0.3) is 0 Å². The fraction of sp³-hybridized carbons (Fsp3) is 0.414. The maximum atomic E-state index is 13.9. The maximum Gasteiger partial charge on any atom is 0.408 e. The lowest BCUT2D eigenvalue weighted by Crippen LogP contribution is -2.53. The number of hydrogen-bond acceptors (Lipinski definition) is 6. The number of benzene rings is 2. The minimum absolute atomic E-state index is 0.138. The van der Waals surface area contributed by atoms with Crippen LogP contribution in [0.4, 0.5) is 4.79 Å². The first-order valence-corrected chi connectivity index (χ1v) is 12.7. The smallest absolute Gasteiger partial charge is 0.408 e. The molecule has 2 aromatic rings. The van der Waals surface area contributed by atoms with Crippen molar-refractivity contribution in [2.75, 3.05) is 6.54 Å². The molecule has 2 rings (SSSR count). The number of hydrogen-bond donors (Lipinski definition) is 3. The summed E-state index contributed by atoms with van der Waals surface area (Å²) in [4.78, 5) is 52.9. The third-order valence-corrected chi connectivity index (χ3v) is 5.88. The highest BCUT2D eigenvalue weighted by Gasteiger charge is 2.37. The monoisotopic (exact) mass is 535 g/mol. The van der Waals surface area contributed by atoms with Crippen molar-refractivity contribution in [1.29, 1.82) is 5.26 Å². The summed E-state index contributed by atoms with van der Waals surface area (Å²) < 4.78 is 5.30. The zero-order valence-electron chi connectivity index (χ0n) is 23.1. The molecule has 0 bridgehead atoms. The van der Waals surface area contributed by atoms with Gasteiger partial charge >= 0.3 is 6.09 Å². The van der Waals surface area contributed by atoms with E-state index in [0.29, 0.717) is 5.56 Å². The molecule has 0 aromatic heterocycles. The van der Waals surface area contributed by atoms with E-state index < -0.39 is 48.0 Å². The first kappa shape index (κ1) is 30.8. The Morgan fingerprint density at radius 1 is 1.03 bits per heavy atom. The van der Waals surface area contributed by atoms with Gasteiger partial charge in [0, 0.05) is 13.0 Å². The first-order chi connectivity index (χ1) is 18.3. The van der Waals surface area contributed by atoms with Crippen LogP contribution < -0.4 is 16.4 Å². The van der Waals surface area contributed by atoms with Gasteiger partial charge in [-0.25, -0.2) is 4.79 Å². The van der Waals surface area contributed by atoms with E-state index in [4.69, 9.17) is 10.5 Å². The van der Waals surface area contributed by atoms with Crippen LogP contribution in [-0.2, 0) is 25.7 Å². The lowest BCUT2D eigenvalue weighted by atomic mass is 9.93. The summed E-state index contributed by atoms with van der Waals surface area (Å²) in [6.07, 6.45) is -1.22. The van der Waals surface area contributed by atoms with E-state index in [1.54, 1.807) is 20.8 Å². The van der Waals surface area contributed by atoms with E-state index in [9.17, 15) is 24.4 Å². The number of alkyl carbamates (subject to hydrolysis) is 1. The summed E-state index contributed by atoms with van der Waals surface area (Å²) in [5, 5.41) is 15.1. The molecule has 0 aliphatic rings. The summed E-state index contributed by atoms with van der Waals surface area (Å²) in [5.41, 5.74) is 7.40. The number of carbonyl (C=O) groups excluding carboxylic acids is 4. The number of primary amides is 1. The van der Waals surface area contributed by atoms with Gasteiger partial charge in [-0.1, -0.05) is 48.5 Å². The van der Waals surface area contributed by atoms with Gasteiger partial charge < -0.3 is 26.0 Å². The first-order valence-electron chi connectivity index (χ1n) is 12.7. The molecule has 0 saturated carbocycles. The van der Waals surface area contributed by atoms with Crippen molar-refractivity contribution in [3.8, 4) is 6.07 Å². The molecule has 4 N–H and O–H groups in total. The van der Waals surface area contributed by atoms with Crippen molar-refractivity contribution in [3.63, 3.8) is 0 Å². The SMILES string of the molecule is Cc1cccc(C)c1C(C(=O)NCc1ccccc1)N(CC#N)C(=O)C(CCC(N)=O)NC(=O)OC(C)(C)C. The fourth-order valence-electron chi connectivity index (χ4n) is 4.14. The molecule has 0 saturated heterocycles. The average molecular weight is 536 g/mol. The second-order valence-electron chi connectivity index (χ2n) is 10.2. The second kappa shape index (κ2) is 14.0. The number of nitrogens with zero attached hydrogens (tertiary/aromatic N) is 2. The van der Waals surface area contributed by atoms with Gasteiger partial charge in [0.25, 0.3) is 0 Å². The minimum Gasteiger partial charge on any atom is -0.444 e. The molecule has 10 nitrogen and oxygen atoms in total. The third kappa shape index (κ3) is 9.45. The molecule has 0 spiro atoms. The molecule has 4 amide bonds. The van der Waals surface area contributed by atoms with Crippen LogP contribution >= 0.6 is 0 Å². The van der Waals surface area contributed by atoms with E-state index in [2.05, 4.69) is 10.6 Å². The molecule has 2 atom stereocenters. The highest BCUT2D eigenvalue weighted by atomic mass is 16.6. The lowest BCUT2D eigenvalue weighted by molar-refractivity contribution is -0.142. The van der Waals surface area contributed by atoms with Crippen LogP contribution in [0, 0.1) is 25.2 Å². The number of nitriles is 1. The van der Waals surface area contributed by atoms with Gasteiger partial charge in [-0.2, -0.15) is 5.26 Å². The largest absolute Gasteiger partial charge is 0.444 e. The molecule has 0 fully saturated rings. The van der Waals surface area contributed by atoms with Crippen molar-refractivity contribution < 1.29 is 23.9 Å². The van der Waals surface area contributed by atoms with E-state index in [-0.39, 0.29) is 19.4 Å². The lowest BCUT2D eigenvalue weighted by Gasteiger charge is -2.34. The van der Waals surface area contributed by atoms with Crippen LogP contribution in [0.15, 0.2) is 48.5 Å². The number of nitrogens with one attached hydrogen (secondary N) is 2. The Balaban J connectivity index is 2.51. The van der Waals surface area contributed by atoms with E-state index in [0.717, 1.165) is 21.6 Å². The van der Waals surface area contributed by atoms with Gasteiger partial charge in [0.2, 0.25) is 17.7 Å². The molecule has 0 aliphatic carbocycles. The van der Waals surface area contributed by atoms with E-state index in [1.165, 1.54) is 0 Å². The minimum atomic E-state index is -1.27. The third-order valence-electron chi connectivity index (χ3n) is 5.88. The Morgan fingerprint density at radius 3 is 2.18 bits per heavy atom. The van der Waals surface area contributed by atoms with Crippen LogP contribution in [0.3, 0.4) is 0 Å². The summed E-state index contributed by atoms with van der Waals surface area (Å²) in [5.74, 6) is -1.88. The van der Waals surface area contributed by atoms with Crippen molar-refractivity contribution >= 4 is 23.8 Å². The fourth-order valence-corrected chi connectivity index (χ4v) is 4.14. The Bertz CT molecular complexity index is 1200. The predicted octanol–water partition coefficient (Wildman–Crippen LogP) is 3.17. The normalized spacial score (nSPS) is 12.4. The van der Waals surface area contributed by atoms with E-state index in [1.807, 2.05) is 68.4 Å². The number of amides is 4. The molecule has 0 radical (unpaired) electrons. The number of nitrogens with two attached hydrogens (primary N) is 1. The molecular formula is C29H37N5O5. The standard InChI is InChI=1S/C29H37N5O5/c1-19-10-9-11-20(2)24(19)25(26(36)32-18-21-12-7-6-8-13-21)34(17-16-30)27(37)22(14-15-23(31)35)33-28(38)39-29(3,4)5/h6-13,22,25H,14-15,17-18H2,1-5H3,(H2,31,35)(H,32,36)(H,33,38). The number of ether oxygens (including phenoxy) is 1. The molecule has 208 valence electrons. The highest BCUT2D eigenvalue weighted by Crippen LogP contribution is 2.29. The van der Waals surface area contributed by atoms with Crippen molar-refractivity contribution in [2.24, 2.45) is 5.73 Å². The summed E-state index contributed by atoms with van der Waals surface area (Å²) in [6.45, 7) is 8.40. The van der Waals surface area contributed by atoms with Gasteiger partial charge in [-0.15, -0.1) is 0 Å². The molecule has 10 heteroatoms. The zero-order chi connectivity index (χ0) is 29.2. The number of rotatable bonds is 11. The second-order valence-corrected chi connectivity index (χ2v) is 10.2. The molecule has 2 aromatic carbocycles. The van der Waals surface area contributed by atoms with Crippen LogP contribution in [0.2, 0.25) is 0 Å². The van der Waals surface area contributed by atoms with Gasteiger partial charge in [-0.3, -0.25) is 14.4 Å². The van der Waals surface area contributed by atoms with Gasteiger partial charge in [0.15, 0.2) is 0 Å². The van der Waals surface area contributed by atoms with Crippen molar-refractivity contribution in [3.05, 3.63) is 70.8 Å². The molecule has 2 unspecified atom stereocenters. The van der Waals surface area contributed by atoms with Crippen LogP contribution in [0.1, 0.15) is 61.9 Å². The zero-order valence-corrected chi connectivity index (χ0v) is 23.1. The maximum absolute atomic E-state index is 13.9.